The van der Waals surface area contributed by atoms with Crippen molar-refractivity contribution in [1.82, 2.24) is 0 Å². The van der Waals surface area contributed by atoms with E-state index in [2.05, 4.69) is 0 Å². The van der Waals surface area contributed by atoms with Gasteiger partial charge in [0.1, 0.15) is 11.4 Å². The molecule has 1 unspecified atom stereocenters. The third-order valence-electron chi connectivity index (χ3n) is 4.23. The zero-order valence-corrected chi connectivity index (χ0v) is 10.6. The summed E-state index contributed by atoms with van der Waals surface area (Å²) in [4.78, 5) is 12.2. The van der Waals surface area contributed by atoms with Gasteiger partial charge in [-0.3, -0.25) is 0 Å². The number of hydrogen-bond acceptors (Lipinski definition) is 3. The molecule has 0 amide bonds. The average molecular weight is 246 g/mol. The van der Waals surface area contributed by atoms with Gasteiger partial charge in [-0.25, -0.2) is 4.79 Å². The Bertz CT molecular complexity index is 448. The number of ether oxygens (including phenoxy) is 2. The Kier molecular flexibility index (Phi) is 2.67. The Morgan fingerprint density at radius 3 is 2.50 bits per heavy atom. The largest absolute Gasteiger partial charge is 0.424 e. The minimum Gasteiger partial charge on any atom is -0.424 e. The van der Waals surface area contributed by atoms with E-state index in [1.165, 1.54) is 6.42 Å². The standard InChI is InChI=1S/C15H18O3/c1-14(15(18-14)10-6-3-7-11-15)13(16)17-12-8-4-2-5-9-12/h2,4-5,8-9H,3,6-7,10-11H2,1H3. The summed E-state index contributed by atoms with van der Waals surface area (Å²) >= 11 is 0. The minimum atomic E-state index is -0.733. The van der Waals surface area contributed by atoms with Gasteiger partial charge in [0.05, 0.1) is 0 Å². The highest BCUT2D eigenvalue weighted by molar-refractivity contribution is 5.86. The van der Waals surface area contributed by atoms with Crippen LogP contribution >= 0.6 is 0 Å². The van der Waals surface area contributed by atoms with Gasteiger partial charge >= 0.3 is 5.97 Å². The normalized spacial score (nSPS) is 28.9. The first kappa shape index (κ1) is 11.7. The molecule has 0 aromatic heterocycles. The molecule has 96 valence electrons. The summed E-state index contributed by atoms with van der Waals surface area (Å²) in [6.07, 6.45) is 5.50. The van der Waals surface area contributed by atoms with Crippen LogP contribution in [-0.2, 0) is 9.53 Å². The Balaban J connectivity index is 1.70. The molecule has 1 aromatic rings. The fraction of sp³-hybridized carbons (Fsp3) is 0.533. The van der Waals surface area contributed by atoms with E-state index >= 15 is 0 Å². The molecule has 1 saturated heterocycles. The maximum Gasteiger partial charge on any atom is 0.346 e. The predicted molar refractivity (Wildman–Crippen MR) is 67.4 cm³/mol. The van der Waals surface area contributed by atoms with E-state index in [9.17, 15) is 4.79 Å². The smallest absolute Gasteiger partial charge is 0.346 e. The first-order chi connectivity index (χ1) is 8.66. The van der Waals surface area contributed by atoms with Gasteiger partial charge in [0.25, 0.3) is 0 Å². The second-order valence-electron chi connectivity index (χ2n) is 5.39. The average Bonchev–Trinajstić information content (AvgIpc) is 2.97. The summed E-state index contributed by atoms with van der Waals surface area (Å²) in [5.41, 5.74) is -0.972. The van der Waals surface area contributed by atoms with Crippen molar-refractivity contribution in [3.63, 3.8) is 0 Å². The molecule has 1 saturated carbocycles. The molecular weight excluding hydrogens is 228 g/mol. The molecule has 1 aromatic carbocycles. The highest BCUT2D eigenvalue weighted by atomic mass is 16.7. The van der Waals surface area contributed by atoms with E-state index < -0.39 is 5.60 Å². The lowest BCUT2D eigenvalue weighted by Crippen LogP contribution is -2.36. The van der Waals surface area contributed by atoms with Crippen LogP contribution in [0.1, 0.15) is 39.0 Å². The maximum atomic E-state index is 12.2. The molecule has 0 bridgehead atoms. The fourth-order valence-electron chi connectivity index (χ4n) is 2.99. The number of para-hydroxylation sites is 1. The van der Waals surface area contributed by atoms with E-state index in [0.29, 0.717) is 5.75 Å². The Morgan fingerprint density at radius 2 is 1.83 bits per heavy atom. The van der Waals surface area contributed by atoms with Gasteiger partial charge in [-0.15, -0.1) is 0 Å². The van der Waals surface area contributed by atoms with E-state index in [4.69, 9.17) is 9.47 Å². The van der Waals surface area contributed by atoms with Crippen molar-refractivity contribution in [2.45, 2.75) is 50.2 Å². The summed E-state index contributed by atoms with van der Waals surface area (Å²) in [5.74, 6) is 0.334. The van der Waals surface area contributed by atoms with Crippen LogP contribution in [0.5, 0.6) is 5.75 Å². The third-order valence-corrected chi connectivity index (χ3v) is 4.23. The molecule has 1 heterocycles. The van der Waals surface area contributed by atoms with E-state index in [-0.39, 0.29) is 11.6 Å². The summed E-state index contributed by atoms with van der Waals surface area (Å²) < 4.78 is 11.2. The van der Waals surface area contributed by atoms with Crippen LogP contribution in [0.2, 0.25) is 0 Å². The molecule has 3 rings (SSSR count). The van der Waals surface area contributed by atoms with Crippen LogP contribution < -0.4 is 4.74 Å². The molecule has 1 aliphatic carbocycles. The van der Waals surface area contributed by atoms with Gasteiger partial charge in [-0.2, -0.15) is 0 Å². The van der Waals surface area contributed by atoms with Gasteiger partial charge in [0.2, 0.25) is 0 Å². The van der Waals surface area contributed by atoms with Crippen LogP contribution in [0, 0.1) is 0 Å². The maximum absolute atomic E-state index is 12.2. The minimum absolute atomic E-state index is 0.239. The zero-order valence-electron chi connectivity index (χ0n) is 10.6. The molecule has 2 fully saturated rings. The molecule has 0 radical (unpaired) electrons. The highest BCUT2D eigenvalue weighted by Crippen LogP contribution is 2.56. The summed E-state index contributed by atoms with van der Waals surface area (Å²) in [5, 5.41) is 0. The van der Waals surface area contributed by atoms with Crippen molar-refractivity contribution < 1.29 is 14.3 Å². The van der Waals surface area contributed by atoms with E-state index in [0.717, 1.165) is 25.7 Å². The number of esters is 1. The number of benzene rings is 1. The van der Waals surface area contributed by atoms with Crippen molar-refractivity contribution >= 4 is 5.97 Å². The van der Waals surface area contributed by atoms with Gasteiger partial charge in [0, 0.05) is 0 Å². The molecule has 0 N–H and O–H groups in total. The molecule has 3 nitrogen and oxygen atoms in total. The first-order valence-corrected chi connectivity index (χ1v) is 6.64. The summed E-state index contributed by atoms with van der Waals surface area (Å²) in [6.45, 7) is 1.86. The van der Waals surface area contributed by atoms with Crippen LogP contribution in [0.3, 0.4) is 0 Å². The molecule has 18 heavy (non-hydrogen) atoms. The van der Waals surface area contributed by atoms with Gasteiger partial charge < -0.3 is 9.47 Å². The van der Waals surface area contributed by atoms with Crippen molar-refractivity contribution in [2.24, 2.45) is 0 Å². The molecule has 1 aliphatic heterocycles. The Labute approximate surface area is 107 Å². The third kappa shape index (κ3) is 1.74. The van der Waals surface area contributed by atoms with Crippen molar-refractivity contribution in [3.8, 4) is 5.75 Å². The van der Waals surface area contributed by atoms with E-state index in [1.54, 1.807) is 12.1 Å². The number of carbonyl (C=O) groups excluding carboxylic acids is 1. The SMILES string of the molecule is CC1(C(=O)Oc2ccccc2)OC12CCCCC2. The van der Waals surface area contributed by atoms with Crippen LogP contribution in [-0.4, -0.2) is 17.2 Å². The monoisotopic (exact) mass is 246 g/mol. The predicted octanol–water partition coefficient (Wildman–Crippen LogP) is 3.08. The second-order valence-corrected chi connectivity index (χ2v) is 5.39. The molecule has 3 heteroatoms. The van der Waals surface area contributed by atoms with Crippen LogP contribution in [0.4, 0.5) is 0 Å². The molecule has 1 atom stereocenters. The second kappa shape index (κ2) is 4.09. The van der Waals surface area contributed by atoms with Crippen LogP contribution in [0.25, 0.3) is 0 Å². The molecule has 1 spiro atoms. The summed E-state index contributed by atoms with van der Waals surface area (Å²) in [6, 6.07) is 9.19. The number of carbonyl (C=O) groups is 1. The lowest BCUT2D eigenvalue weighted by molar-refractivity contribution is -0.139. The quantitative estimate of drug-likeness (QED) is 0.457. The number of rotatable bonds is 2. The fourth-order valence-corrected chi connectivity index (χ4v) is 2.99. The van der Waals surface area contributed by atoms with Crippen molar-refractivity contribution in [3.05, 3.63) is 30.3 Å². The highest BCUT2D eigenvalue weighted by Gasteiger charge is 2.72. The lowest BCUT2D eigenvalue weighted by Gasteiger charge is -2.20. The first-order valence-electron chi connectivity index (χ1n) is 6.64. The van der Waals surface area contributed by atoms with Gasteiger partial charge in [0.15, 0.2) is 5.60 Å². The van der Waals surface area contributed by atoms with Crippen LogP contribution in [0.15, 0.2) is 30.3 Å². The van der Waals surface area contributed by atoms with Crippen molar-refractivity contribution in [2.75, 3.05) is 0 Å². The zero-order chi connectivity index (χ0) is 12.6. The van der Waals surface area contributed by atoms with Gasteiger partial charge in [-0.05, 0) is 31.9 Å². The lowest BCUT2D eigenvalue weighted by atomic mass is 9.81. The number of epoxide rings is 1. The molecular formula is C15H18O3. The Hall–Kier alpha value is -1.35. The summed E-state index contributed by atoms with van der Waals surface area (Å²) in [7, 11) is 0. The van der Waals surface area contributed by atoms with Gasteiger partial charge in [-0.1, -0.05) is 37.5 Å². The Morgan fingerprint density at radius 1 is 1.17 bits per heavy atom. The topological polar surface area (TPSA) is 38.8 Å². The molecule has 2 aliphatic rings. The number of hydrogen-bond donors (Lipinski definition) is 0. The van der Waals surface area contributed by atoms with E-state index in [1.807, 2.05) is 25.1 Å². The van der Waals surface area contributed by atoms with Crippen molar-refractivity contribution in [1.29, 1.82) is 0 Å².